The monoisotopic (exact) mass is 234 g/mol. The van der Waals surface area contributed by atoms with Gasteiger partial charge in [0.1, 0.15) is 5.75 Å². The molecule has 0 amide bonds. The second-order valence-electron chi connectivity index (χ2n) is 5.19. The van der Waals surface area contributed by atoms with Gasteiger partial charge in [-0.2, -0.15) is 0 Å². The van der Waals surface area contributed by atoms with Gasteiger partial charge in [-0.3, -0.25) is 4.79 Å². The van der Waals surface area contributed by atoms with E-state index < -0.39 is 5.41 Å². The van der Waals surface area contributed by atoms with Crippen LogP contribution in [0.4, 0.5) is 0 Å². The quantitative estimate of drug-likeness (QED) is 0.800. The molecule has 2 rings (SSSR count). The number of hydrogen-bond acceptors (Lipinski definition) is 3. The zero-order chi connectivity index (χ0) is 12.6. The molecule has 0 spiro atoms. The molecule has 1 aliphatic rings. The molecule has 0 aromatic heterocycles. The zero-order valence-corrected chi connectivity index (χ0v) is 10.5. The van der Waals surface area contributed by atoms with E-state index in [0.29, 0.717) is 0 Å². The minimum Gasteiger partial charge on any atom is -0.508 e. The summed E-state index contributed by atoms with van der Waals surface area (Å²) < 4.78 is 4.87. The van der Waals surface area contributed by atoms with Gasteiger partial charge in [-0.25, -0.2) is 0 Å². The summed E-state index contributed by atoms with van der Waals surface area (Å²) in [7, 11) is 1.42. The highest BCUT2D eigenvalue weighted by molar-refractivity contribution is 5.77. The highest BCUT2D eigenvalue weighted by Gasteiger charge is 2.41. The Hall–Kier alpha value is -1.51. The van der Waals surface area contributed by atoms with Crippen LogP contribution < -0.4 is 0 Å². The van der Waals surface area contributed by atoms with Crippen molar-refractivity contribution in [3.63, 3.8) is 0 Å². The summed E-state index contributed by atoms with van der Waals surface area (Å²) in [5.41, 5.74) is 1.76. The number of aromatic hydroxyl groups is 1. The van der Waals surface area contributed by atoms with Crippen molar-refractivity contribution in [2.75, 3.05) is 7.11 Å². The summed E-state index contributed by atoms with van der Waals surface area (Å²) in [6, 6.07) is 5.42. The summed E-state index contributed by atoms with van der Waals surface area (Å²) in [5, 5.41) is 9.56. The molecular weight excluding hydrogens is 216 g/mol. The number of phenols is 1. The molecule has 0 bridgehead atoms. The fraction of sp³-hybridized carbons (Fsp3) is 0.500. The van der Waals surface area contributed by atoms with E-state index in [1.54, 1.807) is 12.1 Å². The van der Waals surface area contributed by atoms with Crippen molar-refractivity contribution < 1.29 is 14.6 Å². The summed E-state index contributed by atoms with van der Waals surface area (Å²) in [5.74, 6) is 0.187. The molecule has 1 N–H and O–H groups in total. The smallest absolute Gasteiger partial charge is 0.311 e. The van der Waals surface area contributed by atoms with Gasteiger partial charge in [0.25, 0.3) is 0 Å². The van der Waals surface area contributed by atoms with Crippen molar-refractivity contribution in [3.8, 4) is 5.75 Å². The van der Waals surface area contributed by atoms with Gasteiger partial charge in [-0.15, -0.1) is 0 Å². The predicted molar refractivity (Wildman–Crippen MR) is 65.0 cm³/mol. The maximum Gasteiger partial charge on any atom is 0.311 e. The lowest BCUT2D eigenvalue weighted by molar-refractivity contribution is -0.152. The molecule has 1 aliphatic carbocycles. The molecule has 0 heterocycles. The summed E-state index contributed by atoms with van der Waals surface area (Å²) in [6.45, 7) is 3.81. The van der Waals surface area contributed by atoms with E-state index in [9.17, 15) is 9.90 Å². The third-order valence-electron chi connectivity index (χ3n) is 3.79. The second-order valence-corrected chi connectivity index (χ2v) is 5.19. The first-order chi connectivity index (χ1) is 7.96. The lowest BCUT2D eigenvalue weighted by Gasteiger charge is -2.29. The van der Waals surface area contributed by atoms with Crippen LogP contribution >= 0.6 is 0 Å². The van der Waals surface area contributed by atoms with Gasteiger partial charge >= 0.3 is 5.97 Å². The average molecular weight is 234 g/mol. The van der Waals surface area contributed by atoms with Crippen LogP contribution in [0.1, 0.15) is 37.3 Å². The molecule has 3 heteroatoms. The fourth-order valence-electron chi connectivity index (χ4n) is 2.74. The number of carbonyl (C=O) groups is 1. The maximum atomic E-state index is 11.8. The molecule has 3 nitrogen and oxygen atoms in total. The van der Waals surface area contributed by atoms with Gasteiger partial charge in [-0.1, -0.05) is 6.07 Å². The number of aryl methyl sites for hydroxylation is 1. The van der Waals surface area contributed by atoms with Crippen molar-refractivity contribution in [2.45, 2.75) is 32.6 Å². The minimum atomic E-state index is -0.548. The Morgan fingerprint density at radius 2 is 2.18 bits per heavy atom. The number of ether oxygens (including phenoxy) is 1. The van der Waals surface area contributed by atoms with Crippen LogP contribution in [0.2, 0.25) is 0 Å². The van der Waals surface area contributed by atoms with Crippen molar-refractivity contribution >= 4 is 5.97 Å². The Kier molecular flexibility index (Phi) is 2.86. The molecule has 0 aliphatic heterocycles. The second kappa shape index (κ2) is 4.06. The van der Waals surface area contributed by atoms with E-state index in [0.717, 1.165) is 18.4 Å². The number of methoxy groups -OCH3 is 1. The van der Waals surface area contributed by atoms with Gasteiger partial charge in [0, 0.05) is 5.92 Å². The van der Waals surface area contributed by atoms with Crippen LogP contribution in [0.25, 0.3) is 0 Å². The Morgan fingerprint density at radius 3 is 2.82 bits per heavy atom. The van der Waals surface area contributed by atoms with Crippen LogP contribution in [0.5, 0.6) is 5.75 Å². The third-order valence-corrected chi connectivity index (χ3v) is 3.79. The topological polar surface area (TPSA) is 46.5 Å². The van der Waals surface area contributed by atoms with E-state index in [-0.39, 0.29) is 17.6 Å². The first kappa shape index (κ1) is 12.0. The zero-order valence-electron chi connectivity index (χ0n) is 10.5. The molecule has 1 aromatic rings. The molecular formula is C14H18O3. The first-order valence-corrected chi connectivity index (χ1v) is 5.87. The van der Waals surface area contributed by atoms with Crippen molar-refractivity contribution in [1.29, 1.82) is 0 Å². The van der Waals surface area contributed by atoms with Crippen LogP contribution in [-0.2, 0) is 16.0 Å². The van der Waals surface area contributed by atoms with E-state index in [2.05, 4.69) is 0 Å². The Labute approximate surface area is 101 Å². The molecule has 0 saturated heterocycles. The van der Waals surface area contributed by atoms with E-state index in [1.165, 1.54) is 12.7 Å². The van der Waals surface area contributed by atoms with E-state index >= 15 is 0 Å². The summed E-state index contributed by atoms with van der Waals surface area (Å²) in [4.78, 5) is 11.8. The minimum absolute atomic E-state index is 0.122. The lowest BCUT2D eigenvalue weighted by Crippen LogP contribution is -2.31. The largest absolute Gasteiger partial charge is 0.508 e. The number of carbonyl (C=O) groups excluding carboxylic acids is 1. The van der Waals surface area contributed by atoms with E-state index in [4.69, 9.17) is 4.74 Å². The third kappa shape index (κ3) is 1.90. The molecule has 0 radical (unpaired) electrons. The normalized spacial score (nSPS) is 18.9. The number of phenolic OH excluding ortho intramolecular Hbond substituents is 1. The predicted octanol–water partition coefficient (Wildman–Crippen LogP) is 2.62. The number of hydrogen-bond donors (Lipinski definition) is 1. The van der Waals surface area contributed by atoms with Gasteiger partial charge in [0.15, 0.2) is 0 Å². The van der Waals surface area contributed by atoms with Crippen LogP contribution in [-0.4, -0.2) is 18.2 Å². The van der Waals surface area contributed by atoms with Crippen LogP contribution in [0.3, 0.4) is 0 Å². The standard InChI is InChI=1S/C14H18O3/c1-14(2,13(16)17-3)12-7-5-9-4-6-10(15)8-11(9)12/h4,6,8,12,15H,5,7H2,1-3H3. The first-order valence-electron chi connectivity index (χ1n) is 5.87. The maximum absolute atomic E-state index is 11.8. The van der Waals surface area contributed by atoms with Crippen LogP contribution in [0.15, 0.2) is 18.2 Å². The van der Waals surface area contributed by atoms with Crippen LogP contribution in [0, 0.1) is 5.41 Å². The Morgan fingerprint density at radius 1 is 1.47 bits per heavy atom. The molecule has 1 atom stereocenters. The van der Waals surface area contributed by atoms with Gasteiger partial charge in [0.2, 0.25) is 0 Å². The fourth-order valence-corrected chi connectivity index (χ4v) is 2.74. The Balaban J connectivity index is 2.39. The summed E-state index contributed by atoms with van der Waals surface area (Å²) >= 11 is 0. The Bertz CT molecular complexity index is 449. The molecule has 0 saturated carbocycles. The lowest BCUT2D eigenvalue weighted by atomic mass is 9.75. The van der Waals surface area contributed by atoms with Crippen molar-refractivity contribution in [3.05, 3.63) is 29.3 Å². The molecule has 92 valence electrons. The molecule has 1 unspecified atom stereocenters. The molecule has 1 aromatic carbocycles. The number of benzene rings is 1. The SMILES string of the molecule is COC(=O)C(C)(C)C1CCc2ccc(O)cc21. The van der Waals surface area contributed by atoms with Gasteiger partial charge in [-0.05, 0) is 49.9 Å². The van der Waals surface area contributed by atoms with Crippen molar-refractivity contribution in [2.24, 2.45) is 5.41 Å². The van der Waals surface area contributed by atoms with Crippen molar-refractivity contribution in [1.82, 2.24) is 0 Å². The summed E-state index contributed by atoms with van der Waals surface area (Å²) in [6.07, 6.45) is 1.89. The number of rotatable bonds is 2. The molecule has 0 fully saturated rings. The van der Waals surface area contributed by atoms with Gasteiger partial charge < -0.3 is 9.84 Å². The highest BCUT2D eigenvalue weighted by Crippen LogP contribution is 2.46. The number of fused-ring (bicyclic) bond motifs is 1. The average Bonchev–Trinajstić information content (AvgIpc) is 2.71. The number of esters is 1. The highest BCUT2D eigenvalue weighted by atomic mass is 16.5. The van der Waals surface area contributed by atoms with E-state index in [1.807, 2.05) is 19.9 Å². The molecule has 17 heavy (non-hydrogen) atoms. The van der Waals surface area contributed by atoms with Gasteiger partial charge in [0.05, 0.1) is 12.5 Å².